The second kappa shape index (κ2) is 11.1. The average molecular weight is 454 g/mol. The Morgan fingerprint density at radius 3 is 2.62 bits per heavy atom. The Bertz CT molecular complexity index is 1110. The summed E-state index contributed by atoms with van der Waals surface area (Å²) in [5, 5.41) is 3.44. The number of esters is 1. The first kappa shape index (κ1) is 23.1. The van der Waals surface area contributed by atoms with Gasteiger partial charge in [0, 0.05) is 42.4 Å². The molecule has 0 bridgehead atoms. The van der Waals surface area contributed by atoms with Crippen molar-refractivity contribution < 1.29 is 23.8 Å². The fourth-order valence-electron chi connectivity index (χ4n) is 2.80. The number of aromatic nitrogens is 2. The van der Waals surface area contributed by atoms with Gasteiger partial charge in [0.05, 0.1) is 25.5 Å². The number of anilines is 1. The summed E-state index contributed by atoms with van der Waals surface area (Å²) in [6, 6.07) is 12.4. The van der Waals surface area contributed by atoms with Crippen molar-refractivity contribution in [2.45, 2.75) is 24.3 Å². The van der Waals surface area contributed by atoms with Gasteiger partial charge in [-0.3, -0.25) is 14.6 Å². The van der Waals surface area contributed by atoms with Crippen LogP contribution in [0.4, 0.5) is 5.69 Å². The molecule has 0 aliphatic rings. The number of pyridine rings is 2. The summed E-state index contributed by atoms with van der Waals surface area (Å²) < 4.78 is 15.6. The summed E-state index contributed by atoms with van der Waals surface area (Å²) in [6.45, 7) is 1.37. The van der Waals surface area contributed by atoms with Gasteiger partial charge in [0.15, 0.2) is 0 Å². The first-order chi connectivity index (χ1) is 15.5. The minimum absolute atomic E-state index is 0.0384. The highest BCUT2D eigenvalue weighted by molar-refractivity contribution is 7.98. The molecule has 0 fully saturated rings. The molecule has 0 spiro atoms. The van der Waals surface area contributed by atoms with E-state index in [1.165, 1.54) is 18.7 Å². The molecular formula is C23H23N3O5S. The van der Waals surface area contributed by atoms with E-state index in [1.807, 2.05) is 18.2 Å². The third kappa shape index (κ3) is 6.21. The van der Waals surface area contributed by atoms with Gasteiger partial charge in [-0.2, -0.15) is 0 Å². The van der Waals surface area contributed by atoms with Crippen LogP contribution in [0.1, 0.15) is 28.5 Å². The van der Waals surface area contributed by atoms with Gasteiger partial charge in [0.25, 0.3) is 5.91 Å². The van der Waals surface area contributed by atoms with Gasteiger partial charge in [-0.15, -0.1) is 11.8 Å². The number of nitrogens with one attached hydrogen (secondary N) is 1. The van der Waals surface area contributed by atoms with Crippen LogP contribution in [0.5, 0.6) is 11.5 Å². The smallest absolute Gasteiger partial charge is 0.303 e. The molecule has 2 heterocycles. The van der Waals surface area contributed by atoms with E-state index >= 15 is 0 Å². The highest BCUT2D eigenvalue weighted by atomic mass is 32.2. The molecule has 1 aromatic carbocycles. The summed E-state index contributed by atoms with van der Waals surface area (Å²) in [5.74, 6) is 1.28. The third-order valence-electron chi connectivity index (χ3n) is 4.37. The number of hydrogen-bond donors (Lipinski definition) is 1. The molecule has 2 aromatic heterocycles. The van der Waals surface area contributed by atoms with Gasteiger partial charge in [-0.25, -0.2) is 4.98 Å². The second-order valence-electron chi connectivity index (χ2n) is 6.59. The quantitative estimate of drug-likeness (QED) is 0.382. The zero-order chi connectivity index (χ0) is 22.9. The molecule has 0 unspecified atom stereocenters. The Morgan fingerprint density at radius 2 is 1.88 bits per heavy atom. The summed E-state index contributed by atoms with van der Waals surface area (Å²) in [5.41, 5.74) is 2.48. The monoisotopic (exact) mass is 453 g/mol. The predicted molar refractivity (Wildman–Crippen MR) is 121 cm³/mol. The van der Waals surface area contributed by atoms with Gasteiger partial charge in [0.2, 0.25) is 0 Å². The lowest BCUT2D eigenvalue weighted by molar-refractivity contribution is -0.142. The van der Waals surface area contributed by atoms with Crippen LogP contribution in [-0.2, 0) is 21.9 Å². The standard InChI is InChI=1S/C23H23N3O5S/c1-15(27)31-13-18-11-17(8-10-24-18)26-22(28)20-5-4-9-25-23(20)32-14-16-6-7-19(29-2)12-21(16)30-3/h4-12H,13-14H2,1-3H3,(H,24,26,28). The number of rotatable bonds is 9. The molecule has 0 radical (unpaired) electrons. The zero-order valence-corrected chi connectivity index (χ0v) is 18.8. The maximum atomic E-state index is 12.9. The van der Waals surface area contributed by atoms with Gasteiger partial charge in [0.1, 0.15) is 23.1 Å². The lowest BCUT2D eigenvalue weighted by Crippen LogP contribution is -2.14. The first-order valence-electron chi connectivity index (χ1n) is 9.68. The fourth-order valence-corrected chi connectivity index (χ4v) is 3.79. The number of thioether (sulfide) groups is 1. The topological polar surface area (TPSA) is 99.6 Å². The lowest BCUT2D eigenvalue weighted by atomic mass is 10.2. The minimum atomic E-state index is -0.397. The number of carbonyl (C=O) groups is 2. The van der Waals surface area contributed by atoms with Crippen molar-refractivity contribution >= 4 is 29.3 Å². The van der Waals surface area contributed by atoms with Crippen LogP contribution in [-0.4, -0.2) is 36.1 Å². The molecule has 3 aromatic rings. The summed E-state index contributed by atoms with van der Waals surface area (Å²) >= 11 is 1.43. The van der Waals surface area contributed by atoms with Crippen molar-refractivity contribution in [1.82, 2.24) is 9.97 Å². The van der Waals surface area contributed by atoms with Gasteiger partial charge in [-0.1, -0.05) is 6.07 Å². The van der Waals surface area contributed by atoms with E-state index in [4.69, 9.17) is 14.2 Å². The Kier molecular flexibility index (Phi) is 8.04. The van der Waals surface area contributed by atoms with E-state index in [-0.39, 0.29) is 12.5 Å². The van der Waals surface area contributed by atoms with E-state index in [0.717, 1.165) is 5.56 Å². The third-order valence-corrected chi connectivity index (χ3v) is 5.43. The van der Waals surface area contributed by atoms with Crippen molar-refractivity contribution in [3.05, 3.63) is 71.7 Å². The molecule has 8 nitrogen and oxygen atoms in total. The molecule has 1 N–H and O–H groups in total. The summed E-state index contributed by atoms with van der Waals surface area (Å²) in [7, 11) is 3.21. The van der Waals surface area contributed by atoms with Crippen LogP contribution in [0.2, 0.25) is 0 Å². The molecule has 0 aliphatic carbocycles. The van der Waals surface area contributed by atoms with E-state index in [0.29, 0.717) is 39.2 Å². The van der Waals surface area contributed by atoms with Crippen LogP contribution >= 0.6 is 11.8 Å². The number of ether oxygens (including phenoxy) is 3. The van der Waals surface area contributed by atoms with E-state index < -0.39 is 5.97 Å². The van der Waals surface area contributed by atoms with Crippen LogP contribution in [0, 0.1) is 0 Å². The Morgan fingerprint density at radius 1 is 1.03 bits per heavy atom. The number of hydrogen-bond acceptors (Lipinski definition) is 8. The largest absolute Gasteiger partial charge is 0.497 e. The highest BCUT2D eigenvalue weighted by Gasteiger charge is 2.15. The van der Waals surface area contributed by atoms with Crippen LogP contribution in [0.15, 0.2) is 59.9 Å². The van der Waals surface area contributed by atoms with Crippen LogP contribution < -0.4 is 14.8 Å². The maximum Gasteiger partial charge on any atom is 0.303 e. The molecule has 0 atom stereocenters. The van der Waals surface area contributed by atoms with E-state index in [2.05, 4.69) is 15.3 Å². The van der Waals surface area contributed by atoms with Crippen LogP contribution in [0.3, 0.4) is 0 Å². The van der Waals surface area contributed by atoms with Gasteiger partial charge in [-0.05, 0) is 30.3 Å². The first-order valence-corrected chi connectivity index (χ1v) is 10.7. The highest BCUT2D eigenvalue weighted by Crippen LogP contribution is 2.31. The number of amides is 1. The summed E-state index contributed by atoms with van der Waals surface area (Å²) in [4.78, 5) is 32.4. The van der Waals surface area contributed by atoms with Crippen molar-refractivity contribution in [2.75, 3.05) is 19.5 Å². The molecule has 0 saturated carbocycles. The predicted octanol–water partition coefficient (Wildman–Crippen LogP) is 4.10. The Labute approximate surface area is 190 Å². The molecule has 166 valence electrons. The minimum Gasteiger partial charge on any atom is -0.497 e. The summed E-state index contributed by atoms with van der Waals surface area (Å²) in [6.07, 6.45) is 3.19. The van der Waals surface area contributed by atoms with Crippen molar-refractivity contribution in [1.29, 1.82) is 0 Å². The molecule has 0 saturated heterocycles. The lowest BCUT2D eigenvalue weighted by Gasteiger charge is -2.12. The maximum absolute atomic E-state index is 12.9. The average Bonchev–Trinajstić information content (AvgIpc) is 2.81. The van der Waals surface area contributed by atoms with E-state index in [9.17, 15) is 9.59 Å². The number of methoxy groups -OCH3 is 2. The molecule has 0 aliphatic heterocycles. The van der Waals surface area contributed by atoms with Gasteiger partial charge < -0.3 is 19.5 Å². The zero-order valence-electron chi connectivity index (χ0n) is 18.0. The second-order valence-corrected chi connectivity index (χ2v) is 7.56. The molecular weight excluding hydrogens is 430 g/mol. The molecule has 32 heavy (non-hydrogen) atoms. The van der Waals surface area contributed by atoms with E-state index in [1.54, 1.807) is 50.9 Å². The molecule has 1 amide bonds. The normalized spacial score (nSPS) is 10.3. The van der Waals surface area contributed by atoms with Crippen molar-refractivity contribution in [2.24, 2.45) is 0 Å². The SMILES string of the molecule is COc1ccc(CSc2ncccc2C(=O)Nc2ccnc(COC(C)=O)c2)c(OC)c1. The Balaban J connectivity index is 1.72. The number of nitrogens with zero attached hydrogens (tertiary/aromatic N) is 2. The Hall–Kier alpha value is -3.59. The van der Waals surface area contributed by atoms with Crippen molar-refractivity contribution in [3.8, 4) is 11.5 Å². The number of benzene rings is 1. The number of carbonyl (C=O) groups excluding carboxylic acids is 2. The van der Waals surface area contributed by atoms with Gasteiger partial charge >= 0.3 is 5.97 Å². The molecule has 9 heteroatoms. The molecule has 3 rings (SSSR count). The van der Waals surface area contributed by atoms with Crippen LogP contribution in [0.25, 0.3) is 0 Å². The fraction of sp³-hybridized carbons (Fsp3) is 0.217. The van der Waals surface area contributed by atoms with Crippen molar-refractivity contribution in [3.63, 3.8) is 0 Å².